The van der Waals surface area contributed by atoms with Crippen molar-refractivity contribution in [1.82, 2.24) is 4.98 Å². The van der Waals surface area contributed by atoms with Gasteiger partial charge < -0.3 is 14.9 Å². The topological polar surface area (TPSA) is 68.3 Å². The van der Waals surface area contributed by atoms with Crippen LogP contribution in [-0.2, 0) is 4.79 Å². The van der Waals surface area contributed by atoms with Gasteiger partial charge in [-0.05, 0) is 6.07 Å². The monoisotopic (exact) mass is 254 g/mol. The second kappa shape index (κ2) is 7.08. The van der Waals surface area contributed by atoms with Gasteiger partial charge in [0.15, 0.2) is 0 Å². The Kier molecular flexibility index (Phi) is 6.08. The number of benzene rings is 1. The number of carbonyl (C=O) groups excluding carboxylic acids is 1. The van der Waals surface area contributed by atoms with Crippen LogP contribution in [0.1, 0.15) is 12.0 Å². The van der Waals surface area contributed by atoms with Crippen molar-refractivity contribution < 1.29 is 61.3 Å². The smallest absolute Gasteiger partial charge is 0.550 e. The maximum atomic E-state index is 10.2. The molecule has 5 heteroatoms. The van der Waals surface area contributed by atoms with Crippen LogP contribution in [0.3, 0.4) is 0 Å². The average molecular weight is 254 g/mol. The molecule has 0 unspecified atom stereocenters. The molecule has 0 spiro atoms. The van der Waals surface area contributed by atoms with Crippen molar-refractivity contribution in [3.8, 4) is 0 Å². The Balaban J connectivity index is 0.00000144. The first kappa shape index (κ1) is 14.6. The first-order valence-electron chi connectivity index (χ1n) is 5.03. The second-order valence-electron chi connectivity index (χ2n) is 3.45. The molecule has 1 heterocycles. The number of carboxylic acid groups (broad SMARTS) is 1. The molecule has 0 bridgehead atoms. The van der Waals surface area contributed by atoms with E-state index in [0.29, 0.717) is 0 Å². The number of rotatable bonds is 4. The van der Waals surface area contributed by atoms with Crippen LogP contribution in [0.25, 0.3) is 10.9 Å². The number of carbonyl (C=O) groups is 1. The summed E-state index contributed by atoms with van der Waals surface area (Å²) in [5.41, 5.74) is 2.01. The van der Waals surface area contributed by atoms with E-state index in [1.807, 2.05) is 30.5 Å². The number of aliphatic imine (C=N–C) groups is 1. The summed E-state index contributed by atoms with van der Waals surface area (Å²) in [5.74, 6) is -1.07. The summed E-state index contributed by atoms with van der Waals surface area (Å²) < 4.78 is 0. The molecule has 4 nitrogen and oxygen atoms in total. The summed E-state index contributed by atoms with van der Waals surface area (Å²) >= 11 is 0. The number of hydrogen-bond donors (Lipinski definition) is 1. The molecular formula is C12H11KN2O2. The third-order valence-corrected chi connectivity index (χ3v) is 2.30. The number of nitrogens with zero attached hydrogens (tertiary/aromatic N) is 1. The van der Waals surface area contributed by atoms with E-state index in [0.717, 1.165) is 16.5 Å². The van der Waals surface area contributed by atoms with Gasteiger partial charge in [-0.1, -0.05) is 18.2 Å². The Morgan fingerprint density at radius 1 is 1.41 bits per heavy atom. The Labute approximate surface area is 142 Å². The fourth-order valence-electron chi connectivity index (χ4n) is 1.52. The van der Waals surface area contributed by atoms with E-state index in [1.165, 1.54) is 0 Å². The van der Waals surface area contributed by atoms with Gasteiger partial charge in [0.2, 0.25) is 0 Å². The molecule has 0 aliphatic heterocycles. The summed E-state index contributed by atoms with van der Waals surface area (Å²) in [7, 11) is 0. The van der Waals surface area contributed by atoms with Crippen molar-refractivity contribution in [3.63, 3.8) is 0 Å². The molecule has 0 aliphatic carbocycles. The van der Waals surface area contributed by atoms with Crippen LogP contribution in [0.2, 0.25) is 0 Å². The number of fused-ring (bicyclic) bond motifs is 1. The van der Waals surface area contributed by atoms with E-state index in [2.05, 4.69) is 9.98 Å². The predicted molar refractivity (Wildman–Crippen MR) is 60.4 cm³/mol. The van der Waals surface area contributed by atoms with Crippen molar-refractivity contribution in [3.05, 3.63) is 36.0 Å². The molecule has 0 atom stereocenters. The van der Waals surface area contributed by atoms with Crippen LogP contribution in [0.15, 0.2) is 35.5 Å². The van der Waals surface area contributed by atoms with Crippen LogP contribution in [0, 0.1) is 0 Å². The van der Waals surface area contributed by atoms with Crippen LogP contribution in [0.4, 0.5) is 0 Å². The molecule has 1 aromatic carbocycles. The number of aromatic nitrogens is 1. The van der Waals surface area contributed by atoms with E-state index in [-0.39, 0.29) is 64.4 Å². The van der Waals surface area contributed by atoms with Gasteiger partial charge >= 0.3 is 51.4 Å². The number of H-pyrrole nitrogens is 1. The van der Waals surface area contributed by atoms with Gasteiger partial charge in [0.1, 0.15) is 0 Å². The van der Waals surface area contributed by atoms with Gasteiger partial charge in [-0.25, -0.2) is 0 Å². The van der Waals surface area contributed by atoms with Crippen molar-refractivity contribution in [1.29, 1.82) is 0 Å². The zero-order valence-electron chi connectivity index (χ0n) is 9.64. The van der Waals surface area contributed by atoms with E-state index in [9.17, 15) is 9.90 Å². The van der Waals surface area contributed by atoms with Crippen molar-refractivity contribution >= 4 is 23.1 Å². The zero-order valence-corrected chi connectivity index (χ0v) is 12.8. The fourth-order valence-corrected chi connectivity index (χ4v) is 1.52. The summed E-state index contributed by atoms with van der Waals surface area (Å²) in [5, 5.41) is 11.3. The number of carboxylic acids is 1. The molecule has 82 valence electrons. The minimum atomic E-state index is -1.07. The first-order chi connectivity index (χ1) is 7.77. The van der Waals surface area contributed by atoms with E-state index in [4.69, 9.17) is 0 Å². The van der Waals surface area contributed by atoms with Gasteiger partial charge in [0.25, 0.3) is 0 Å². The Hall–Kier alpha value is -0.464. The number of aromatic amines is 1. The van der Waals surface area contributed by atoms with Crippen molar-refractivity contribution in [2.75, 3.05) is 6.54 Å². The van der Waals surface area contributed by atoms with E-state index in [1.54, 1.807) is 6.21 Å². The van der Waals surface area contributed by atoms with Gasteiger partial charge in [-0.3, -0.25) is 4.99 Å². The number of aliphatic carboxylic acids is 1. The maximum Gasteiger partial charge on any atom is 1.00 e. The van der Waals surface area contributed by atoms with Crippen LogP contribution in [0.5, 0.6) is 0 Å². The fraction of sp³-hybridized carbons (Fsp3) is 0.167. The summed E-state index contributed by atoms with van der Waals surface area (Å²) in [6.45, 7) is 0.252. The molecule has 1 aromatic heterocycles. The molecule has 0 radical (unpaired) electrons. The van der Waals surface area contributed by atoms with Crippen molar-refractivity contribution in [2.24, 2.45) is 4.99 Å². The van der Waals surface area contributed by atoms with Crippen LogP contribution >= 0.6 is 0 Å². The molecule has 17 heavy (non-hydrogen) atoms. The average Bonchev–Trinajstić information content (AvgIpc) is 2.68. The van der Waals surface area contributed by atoms with E-state index < -0.39 is 5.97 Å². The largest absolute Gasteiger partial charge is 1.00 e. The number of hydrogen-bond acceptors (Lipinski definition) is 3. The zero-order chi connectivity index (χ0) is 11.4. The summed E-state index contributed by atoms with van der Waals surface area (Å²) in [4.78, 5) is 17.3. The quantitative estimate of drug-likeness (QED) is 0.494. The molecule has 2 rings (SSSR count). The van der Waals surface area contributed by atoms with Gasteiger partial charge in [-0.15, -0.1) is 0 Å². The minimum Gasteiger partial charge on any atom is -0.550 e. The third kappa shape index (κ3) is 4.04. The minimum absolute atomic E-state index is 0. The third-order valence-electron chi connectivity index (χ3n) is 2.30. The maximum absolute atomic E-state index is 10.2. The molecular weight excluding hydrogens is 243 g/mol. The van der Waals surface area contributed by atoms with Gasteiger partial charge in [0, 0.05) is 47.8 Å². The van der Waals surface area contributed by atoms with Crippen molar-refractivity contribution in [2.45, 2.75) is 6.42 Å². The Morgan fingerprint density at radius 3 is 2.94 bits per heavy atom. The van der Waals surface area contributed by atoms with Crippen LogP contribution < -0.4 is 56.5 Å². The number of nitrogens with one attached hydrogen (secondary N) is 1. The first-order valence-corrected chi connectivity index (χ1v) is 5.03. The van der Waals surface area contributed by atoms with Gasteiger partial charge in [0.05, 0.1) is 0 Å². The summed E-state index contributed by atoms with van der Waals surface area (Å²) in [6.07, 6.45) is 3.49. The second-order valence-corrected chi connectivity index (χ2v) is 3.45. The summed E-state index contributed by atoms with van der Waals surface area (Å²) in [6, 6.07) is 7.88. The normalized spacial score (nSPS) is 10.6. The molecule has 0 fully saturated rings. The van der Waals surface area contributed by atoms with Crippen LogP contribution in [-0.4, -0.2) is 23.7 Å². The molecule has 1 N–H and O–H groups in total. The Bertz CT molecular complexity index is 534. The molecule has 2 aromatic rings. The molecule has 0 saturated carbocycles. The SMILES string of the molecule is O=C([O-])CCN=Cc1c[nH]c2ccccc12.[K+]. The van der Waals surface area contributed by atoms with Gasteiger partial charge in [-0.2, -0.15) is 0 Å². The number of para-hydroxylation sites is 1. The Morgan fingerprint density at radius 2 is 2.18 bits per heavy atom. The standard InChI is InChI=1S/C12H12N2O2.K/c15-12(16)5-6-13-7-9-8-14-11-4-2-1-3-10(9)11;/h1-4,7-8,14H,5-6H2,(H,15,16);/q;+1/p-1. The molecule has 0 saturated heterocycles. The molecule has 0 aliphatic rings. The van der Waals surface area contributed by atoms with E-state index >= 15 is 0 Å². The molecule has 0 amide bonds. The predicted octanol–water partition coefficient (Wildman–Crippen LogP) is -2.27.